The summed E-state index contributed by atoms with van der Waals surface area (Å²) in [5.74, 6) is -0.341. The van der Waals surface area contributed by atoms with Gasteiger partial charge in [-0.1, -0.05) is 28.1 Å². The summed E-state index contributed by atoms with van der Waals surface area (Å²) in [6.07, 6.45) is 0. The molecule has 0 heterocycles. The van der Waals surface area contributed by atoms with Crippen molar-refractivity contribution in [1.82, 2.24) is 0 Å². The van der Waals surface area contributed by atoms with Crippen LogP contribution in [0.3, 0.4) is 0 Å². The standard InChI is InChI=1S/C14H12Br2FNO/c15-10-2-1-3-11(7-10)18-14(8-19)9-4-5-12(16)13(17)6-9/h1-7,14,18-19H,8H2. The molecule has 5 heteroatoms. The fourth-order valence-corrected chi connectivity index (χ4v) is 2.39. The van der Waals surface area contributed by atoms with Gasteiger partial charge in [0.25, 0.3) is 0 Å². The minimum Gasteiger partial charge on any atom is -0.394 e. The molecule has 0 saturated carbocycles. The minimum absolute atomic E-state index is 0.117. The summed E-state index contributed by atoms with van der Waals surface area (Å²) in [5, 5.41) is 12.6. The summed E-state index contributed by atoms with van der Waals surface area (Å²) in [6.45, 7) is -0.117. The van der Waals surface area contributed by atoms with E-state index in [4.69, 9.17) is 0 Å². The van der Waals surface area contributed by atoms with E-state index in [0.717, 1.165) is 10.2 Å². The summed E-state index contributed by atoms with van der Waals surface area (Å²) in [6, 6.07) is 12.1. The Balaban J connectivity index is 2.22. The Bertz CT molecular complexity index is 577. The Morgan fingerprint density at radius 3 is 2.58 bits per heavy atom. The van der Waals surface area contributed by atoms with E-state index >= 15 is 0 Å². The van der Waals surface area contributed by atoms with Crippen LogP contribution in [0.15, 0.2) is 51.4 Å². The Morgan fingerprint density at radius 1 is 1.16 bits per heavy atom. The average molecular weight is 389 g/mol. The van der Waals surface area contributed by atoms with E-state index in [0.29, 0.717) is 10.0 Å². The third-order valence-corrected chi connectivity index (χ3v) is 3.83. The zero-order chi connectivity index (χ0) is 13.8. The van der Waals surface area contributed by atoms with Crippen LogP contribution < -0.4 is 5.32 Å². The molecule has 0 aliphatic rings. The number of hydrogen-bond acceptors (Lipinski definition) is 2. The van der Waals surface area contributed by atoms with E-state index in [-0.39, 0.29) is 18.5 Å². The van der Waals surface area contributed by atoms with Gasteiger partial charge in [0.1, 0.15) is 5.82 Å². The smallest absolute Gasteiger partial charge is 0.137 e. The molecule has 1 unspecified atom stereocenters. The molecule has 0 aliphatic heterocycles. The Kier molecular flexibility index (Phi) is 4.96. The van der Waals surface area contributed by atoms with Gasteiger partial charge in [-0.2, -0.15) is 0 Å². The Morgan fingerprint density at radius 2 is 1.95 bits per heavy atom. The second kappa shape index (κ2) is 6.50. The van der Waals surface area contributed by atoms with Crippen molar-refractivity contribution in [2.45, 2.75) is 6.04 Å². The molecule has 19 heavy (non-hydrogen) atoms. The van der Waals surface area contributed by atoms with Crippen molar-refractivity contribution in [3.05, 3.63) is 62.8 Å². The molecule has 0 amide bonds. The summed E-state index contributed by atoms with van der Waals surface area (Å²) in [4.78, 5) is 0. The van der Waals surface area contributed by atoms with E-state index < -0.39 is 0 Å². The van der Waals surface area contributed by atoms with Gasteiger partial charge in [0.05, 0.1) is 17.1 Å². The molecule has 2 nitrogen and oxygen atoms in total. The molecule has 2 aromatic rings. The number of halogens is 3. The van der Waals surface area contributed by atoms with Crippen molar-refractivity contribution in [3.8, 4) is 0 Å². The lowest BCUT2D eigenvalue weighted by Crippen LogP contribution is -2.15. The fourth-order valence-electron chi connectivity index (χ4n) is 1.74. The molecular formula is C14H12Br2FNO. The second-order valence-corrected chi connectivity index (χ2v) is 5.83. The predicted octanol–water partition coefficient (Wildman–Crippen LogP) is 4.50. The van der Waals surface area contributed by atoms with Gasteiger partial charge in [-0.05, 0) is 51.8 Å². The number of aliphatic hydroxyl groups excluding tert-OH is 1. The van der Waals surface area contributed by atoms with Crippen LogP contribution in [0.5, 0.6) is 0 Å². The second-order valence-electron chi connectivity index (χ2n) is 4.06. The minimum atomic E-state index is -0.350. The van der Waals surface area contributed by atoms with E-state index in [1.54, 1.807) is 12.1 Å². The van der Waals surface area contributed by atoms with Gasteiger partial charge in [0, 0.05) is 10.2 Å². The van der Waals surface area contributed by atoms with Crippen molar-refractivity contribution in [3.63, 3.8) is 0 Å². The third-order valence-electron chi connectivity index (χ3n) is 2.69. The number of nitrogens with one attached hydrogen (secondary N) is 1. The van der Waals surface area contributed by atoms with Crippen LogP contribution in [0.1, 0.15) is 11.6 Å². The number of hydrogen-bond donors (Lipinski definition) is 2. The maximum Gasteiger partial charge on any atom is 0.137 e. The molecule has 0 aliphatic carbocycles. The largest absolute Gasteiger partial charge is 0.394 e. The summed E-state index contributed by atoms with van der Waals surface area (Å²) in [7, 11) is 0. The molecule has 0 fully saturated rings. The number of benzene rings is 2. The van der Waals surface area contributed by atoms with Gasteiger partial charge < -0.3 is 10.4 Å². The van der Waals surface area contributed by atoms with E-state index in [2.05, 4.69) is 37.2 Å². The van der Waals surface area contributed by atoms with Crippen molar-refractivity contribution in [2.75, 3.05) is 11.9 Å². The molecule has 0 bridgehead atoms. The molecule has 1 atom stereocenters. The van der Waals surface area contributed by atoms with Gasteiger partial charge in [-0.3, -0.25) is 0 Å². The lowest BCUT2D eigenvalue weighted by Gasteiger charge is -2.18. The predicted molar refractivity (Wildman–Crippen MR) is 81.7 cm³/mol. The lowest BCUT2D eigenvalue weighted by atomic mass is 10.1. The highest BCUT2D eigenvalue weighted by molar-refractivity contribution is 9.10. The molecule has 0 spiro atoms. The number of rotatable bonds is 4. The zero-order valence-electron chi connectivity index (χ0n) is 9.91. The summed E-state index contributed by atoms with van der Waals surface area (Å²) in [5.41, 5.74) is 1.56. The lowest BCUT2D eigenvalue weighted by molar-refractivity contribution is 0.276. The van der Waals surface area contributed by atoms with Crippen molar-refractivity contribution >= 4 is 37.5 Å². The van der Waals surface area contributed by atoms with E-state index in [9.17, 15) is 9.50 Å². The molecular weight excluding hydrogens is 377 g/mol. The zero-order valence-corrected chi connectivity index (χ0v) is 13.1. The van der Waals surface area contributed by atoms with E-state index in [1.807, 2.05) is 24.3 Å². The van der Waals surface area contributed by atoms with Crippen molar-refractivity contribution in [2.24, 2.45) is 0 Å². The fraction of sp³-hybridized carbons (Fsp3) is 0.143. The molecule has 2 aromatic carbocycles. The van der Waals surface area contributed by atoms with Crippen LogP contribution in [0, 0.1) is 5.82 Å². The summed E-state index contributed by atoms with van der Waals surface area (Å²) < 4.78 is 14.9. The van der Waals surface area contributed by atoms with Crippen LogP contribution in [-0.4, -0.2) is 11.7 Å². The number of anilines is 1. The first-order chi connectivity index (χ1) is 9.10. The van der Waals surface area contributed by atoms with Crippen LogP contribution in [-0.2, 0) is 0 Å². The van der Waals surface area contributed by atoms with Crippen molar-refractivity contribution < 1.29 is 9.50 Å². The third kappa shape index (κ3) is 3.78. The van der Waals surface area contributed by atoms with Crippen LogP contribution in [0.4, 0.5) is 10.1 Å². The molecule has 0 aromatic heterocycles. The Labute approximate surface area is 127 Å². The molecule has 2 rings (SSSR count). The van der Waals surface area contributed by atoms with Crippen molar-refractivity contribution in [1.29, 1.82) is 0 Å². The first kappa shape index (κ1) is 14.5. The topological polar surface area (TPSA) is 32.3 Å². The maximum atomic E-state index is 13.5. The molecule has 0 radical (unpaired) electrons. The highest BCUT2D eigenvalue weighted by Crippen LogP contribution is 2.25. The monoisotopic (exact) mass is 387 g/mol. The quantitative estimate of drug-likeness (QED) is 0.808. The first-order valence-electron chi connectivity index (χ1n) is 5.68. The first-order valence-corrected chi connectivity index (χ1v) is 7.26. The SMILES string of the molecule is OCC(Nc1cccc(Br)c1)c1ccc(Br)c(F)c1. The summed E-state index contributed by atoms with van der Waals surface area (Å²) >= 11 is 6.50. The van der Waals surface area contributed by atoms with Gasteiger partial charge >= 0.3 is 0 Å². The van der Waals surface area contributed by atoms with Crippen LogP contribution in [0.25, 0.3) is 0 Å². The van der Waals surface area contributed by atoms with Gasteiger partial charge in [-0.15, -0.1) is 0 Å². The maximum absolute atomic E-state index is 13.5. The molecule has 0 saturated heterocycles. The van der Waals surface area contributed by atoms with Gasteiger partial charge in [0.15, 0.2) is 0 Å². The Hall–Kier alpha value is -0.910. The normalized spacial score (nSPS) is 12.2. The van der Waals surface area contributed by atoms with Gasteiger partial charge in [-0.25, -0.2) is 4.39 Å². The molecule has 2 N–H and O–H groups in total. The average Bonchev–Trinajstić information content (AvgIpc) is 2.39. The molecule has 100 valence electrons. The van der Waals surface area contributed by atoms with Crippen LogP contribution in [0.2, 0.25) is 0 Å². The van der Waals surface area contributed by atoms with E-state index in [1.165, 1.54) is 6.07 Å². The highest BCUT2D eigenvalue weighted by atomic mass is 79.9. The highest BCUT2D eigenvalue weighted by Gasteiger charge is 2.12. The van der Waals surface area contributed by atoms with Crippen LogP contribution >= 0.6 is 31.9 Å². The van der Waals surface area contributed by atoms with Gasteiger partial charge in [0.2, 0.25) is 0 Å². The number of aliphatic hydroxyl groups is 1.